The minimum atomic E-state index is 0.0982. The van der Waals surface area contributed by atoms with Crippen LogP contribution in [-0.4, -0.2) is 6.10 Å². The zero-order chi connectivity index (χ0) is 13.8. The lowest BCUT2D eigenvalue weighted by Crippen LogP contribution is -2.07. The number of nitrogen functional groups attached to an aromatic ring is 1. The Hall–Kier alpha value is -1.68. The highest BCUT2D eigenvalue weighted by Gasteiger charge is 2.06. The van der Waals surface area contributed by atoms with Crippen LogP contribution < -0.4 is 15.8 Å². The predicted octanol–water partition coefficient (Wildman–Crippen LogP) is 4.56. The second kappa shape index (κ2) is 5.97. The third-order valence-electron chi connectivity index (χ3n) is 2.53. The molecule has 0 radical (unpaired) electrons. The number of halogens is 1. The summed E-state index contributed by atoms with van der Waals surface area (Å²) in [6, 6.07) is 13.6. The fraction of sp³-hybridized carbons (Fsp3) is 0.200. The van der Waals surface area contributed by atoms with Crippen LogP contribution in [0.2, 0.25) is 0 Å². The van der Waals surface area contributed by atoms with Crippen molar-refractivity contribution in [3.8, 4) is 5.75 Å². The molecule has 2 rings (SSSR count). The Balaban J connectivity index is 2.24. The van der Waals surface area contributed by atoms with Crippen molar-refractivity contribution in [1.82, 2.24) is 0 Å². The van der Waals surface area contributed by atoms with Gasteiger partial charge in [-0.05, 0) is 54.0 Å². The first kappa shape index (κ1) is 13.7. The summed E-state index contributed by atoms with van der Waals surface area (Å²) < 4.78 is 6.69. The van der Waals surface area contributed by atoms with Crippen molar-refractivity contribution in [3.05, 3.63) is 46.9 Å². The van der Waals surface area contributed by atoms with Crippen molar-refractivity contribution in [2.75, 3.05) is 11.1 Å². The quantitative estimate of drug-likeness (QED) is 0.812. The van der Waals surface area contributed by atoms with Crippen LogP contribution in [0.4, 0.5) is 17.1 Å². The highest BCUT2D eigenvalue weighted by molar-refractivity contribution is 9.10. The summed E-state index contributed by atoms with van der Waals surface area (Å²) in [5.74, 6) is 0.701. The topological polar surface area (TPSA) is 47.3 Å². The molecule has 4 heteroatoms. The summed E-state index contributed by atoms with van der Waals surface area (Å²) in [6.07, 6.45) is 0.0982. The summed E-state index contributed by atoms with van der Waals surface area (Å²) in [5, 5.41) is 3.33. The number of nitrogens with one attached hydrogen (secondary N) is 1. The molecule has 0 saturated carbocycles. The van der Waals surface area contributed by atoms with Crippen molar-refractivity contribution in [1.29, 1.82) is 0 Å². The summed E-state index contributed by atoms with van der Waals surface area (Å²) in [5.41, 5.74) is 8.49. The number of hydrogen-bond donors (Lipinski definition) is 2. The van der Waals surface area contributed by atoms with Crippen molar-refractivity contribution in [2.45, 2.75) is 20.0 Å². The molecule has 0 atom stereocenters. The molecule has 0 heterocycles. The molecule has 0 fully saturated rings. The zero-order valence-electron chi connectivity index (χ0n) is 11.0. The van der Waals surface area contributed by atoms with Gasteiger partial charge in [0.15, 0.2) is 0 Å². The Bertz CT molecular complexity index is 570. The molecule has 0 bridgehead atoms. The van der Waals surface area contributed by atoms with E-state index in [9.17, 15) is 0 Å². The second-order valence-corrected chi connectivity index (χ2v) is 5.38. The Labute approximate surface area is 121 Å². The number of nitrogens with two attached hydrogens (primary N) is 1. The molecular formula is C15H17BrN2O. The number of rotatable bonds is 4. The van der Waals surface area contributed by atoms with Crippen LogP contribution in [0.5, 0.6) is 5.75 Å². The van der Waals surface area contributed by atoms with Gasteiger partial charge in [-0.1, -0.05) is 12.1 Å². The first-order valence-corrected chi connectivity index (χ1v) is 6.93. The van der Waals surface area contributed by atoms with E-state index >= 15 is 0 Å². The van der Waals surface area contributed by atoms with Gasteiger partial charge in [-0.25, -0.2) is 0 Å². The van der Waals surface area contributed by atoms with Crippen molar-refractivity contribution >= 4 is 33.0 Å². The van der Waals surface area contributed by atoms with E-state index in [2.05, 4.69) is 21.2 Å². The van der Waals surface area contributed by atoms with Gasteiger partial charge in [-0.3, -0.25) is 0 Å². The lowest BCUT2D eigenvalue weighted by molar-refractivity contribution is 0.244. The van der Waals surface area contributed by atoms with Gasteiger partial charge in [0.25, 0.3) is 0 Å². The van der Waals surface area contributed by atoms with Gasteiger partial charge < -0.3 is 15.8 Å². The van der Waals surface area contributed by atoms with E-state index in [4.69, 9.17) is 10.5 Å². The highest BCUT2D eigenvalue weighted by Crippen LogP contribution is 2.30. The average molecular weight is 321 g/mol. The number of benzene rings is 2. The van der Waals surface area contributed by atoms with Crippen LogP contribution in [0, 0.1) is 0 Å². The van der Waals surface area contributed by atoms with E-state index in [0.717, 1.165) is 15.8 Å². The summed E-state index contributed by atoms with van der Waals surface area (Å²) in [4.78, 5) is 0. The van der Waals surface area contributed by atoms with E-state index in [0.29, 0.717) is 11.4 Å². The number of hydrogen-bond acceptors (Lipinski definition) is 3. The first-order chi connectivity index (χ1) is 9.06. The first-order valence-electron chi connectivity index (χ1n) is 6.14. The lowest BCUT2D eigenvalue weighted by Gasteiger charge is -2.14. The Kier molecular flexibility index (Phi) is 4.32. The summed E-state index contributed by atoms with van der Waals surface area (Å²) >= 11 is 3.51. The Morgan fingerprint density at radius 3 is 2.58 bits per heavy atom. The smallest absolute Gasteiger partial charge is 0.144 e. The lowest BCUT2D eigenvalue weighted by atomic mass is 10.2. The molecule has 0 aliphatic heterocycles. The Morgan fingerprint density at radius 1 is 1.16 bits per heavy atom. The molecule has 100 valence electrons. The van der Waals surface area contributed by atoms with E-state index in [1.807, 2.05) is 56.3 Å². The second-order valence-electron chi connectivity index (χ2n) is 4.52. The van der Waals surface area contributed by atoms with Gasteiger partial charge in [0.1, 0.15) is 5.75 Å². The predicted molar refractivity (Wildman–Crippen MR) is 84.0 cm³/mol. The van der Waals surface area contributed by atoms with Gasteiger partial charge in [-0.15, -0.1) is 0 Å². The largest absolute Gasteiger partial charge is 0.489 e. The molecule has 3 nitrogen and oxygen atoms in total. The van der Waals surface area contributed by atoms with Gasteiger partial charge in [0, 0.05) is 16.2 Å². The highest BCUT2D eigenvalue weighted by atomic mass is 79.9. The third-order valence-corrected chi connectivity index (χ3v) is 3.22. The molecule has 2 aromatic rings. The molecule has 0 unspecified atom stereocenters. The fourth-order valence-electron chi connectivity index (χ4n) is 1.69. The molecule has 0 aromatic heterocycles. The van der Waals surface area contributed by atoms with Crippen LogP contribution >= 0.6 is 15.9 Å². The van der Waals surface area contributed by atoms with Gasteiger partial charge >= 0.3 is 0 Å². The maximum absolute atomic E-state index is 5.90. The Morgan fingerprint density at radius 2 is 1.89 bits per heavy atom. The van der Waals surface area contributed by atoms with Crippen LogP contribution in [0.15, 0.2) is 46.9 Å². The van der Waals surface area contributed by atoms with E-state index in [1.165, 1.54) is 0 Å². The SMILES string of the molecule is CC(C)Oc1cc(Nc2ccccc2Br)ccc1N. The number of anilines is 3. The maximum Gasteiger partial charge on any atom is 0.144 e. The number of ether oxygens (including phenoxy) is 1. The summed E-state index contributed by atoms with van der Waals surface area (Å²) in [6.45, 7) is 3.96. The molecule has 0 spiro atoms. The standard InChI is InChI=1S/C15H17BrN2O/c1-10(2)19-15-9-11(7-8-13(15)17)18-14-6-4-3-5-12(14)16/h3-10,18H,17H2,1-2H3. The molecule has 19 heavy (non-hydrogen) atoms. The number of para-hydroxylation sites is 1. The van der Waals surface area contributed by atoms with Crippen molar-refractivity contribution < 1.29 is 4.74 Å². The fourth-order valence-corrected chi connectivity index (χ4v) is 2.07. The van der Waals surface area contributed by atoms with Gasteiger partial charge in [0.2, 0.25) is 0 Å². The monoisotopic (exact) mass is 320 g/mol. The summed E-state index contributed by atoms with van der Waals surface area (Å²) in [7, 11) is 0. The minimum Gasteiger partial charge on any atom is -0.489 e. The van der Waals surface area contributed by atoms with Crippen LogP contribution in [0.25, 0.3) is 0 Å². The van der Waals surface area contributed by atoms with Gasteiger partial charge in [0.05, 0.1) is 17.5 Å². The van der Waals surface area contributed by atoms with Crippen LogP contribution in [-0.2, 0) is 0 Å². The molecule has 2 aromatic carbocycles. The third kappa shape index (κ3) is 3.64. The average Bonchev–Trinajstić information content (AvgIpc) is 2.35. The molecule has 0 saturated heterocycles. The zero-order valence-corrected chi connectivity index (χ0v) is 12.6. The van der Waals surface area contributed by atoms with Crippen LogP contribution in [0.1, 0.15) is 13.8 Å². The molecule has 0 aliphatic rings. The normalized spacial score (nSPS) is 10.5. The van der Waals surface area contributed by atoms with Gasteiger partial charge in [-0.2, -0.15) is 0 Å². The maximum atomic E-state index is 5.90. The minimum absolute atomic E-state index is 0.0982. The van der Waals surface area contributed by atoms with Crippen LogP contribution in [0.3, 0.4) is 0 Å². The van der Waals surface area contributed by atoms with Crippen molar-refractivity contribution in [3.63, 3.8) is 0 Å². The molecular weight excluding hydrogens is 304 g/mol. The molecule has 0 amide bonds. The van der Waals surface area contributed by atoms with E-state index < -0.39 is 0 Å². The van der Waals surface area contributed by atoms with Crippen molar-refractivity contribution in [2.24, 2.45) is 0 Å². The molecule has 0 aliphatic carbocycles. The molecule has 3 N–H and O–H groups in total. The van der Waals surface area contributed by atoms with E-state index in [-0.39, 0.29) is 6.10 Å². The van der Waals surface area contributed by atoms with E-state index in [1.54, 1.807) is 0 Å².